The van der Waals surface area contributed by atoms with Crippen molar-refractivity contribution in [2.75, 3.05) is 6.54 Å². The Morgan fingerprint density at radius 1 is 1.00 bits per heavy atom. The summed E-state index contributed by atoms with van der Waals surface area (Å²) in [6.45, 7) is 11.1. The van der Waals surface area contributed by atoms with Crippen molar-refractivity contribution >= 4 is 17.3 Å². The van der Waals surface area contributed by atoms with Crippen molar-refractivity contribution in [2.45, 2.75) is 59.9 Å². The number of amides is 1. The van der Waals surface area contributed by atoms with Crippen LogP contribution in [0.4, 0.5) is 5.69 Å². The van der Waals surface area contributed by atoms with E-state index < -0.39 is 0 Å². The molecule has 0 spiro atoms. The average Bonchev–Trinajstić information content (AvgIpc) is 2.62. The van der Waals surface area contributed by atoms with Crippen LogP contribution in [-0.4, -0.2) is 29.1 Å². The summed E-state index contributed by atoms with van der Waals surface area (Å²) in [6, 6.07) is 12.5. The lowest BCUT2D eigenvalue weighted by atomic mass is 9.94. The van der Waals surface area contributed by atoms with E-state index in [2.05, 4.69) is 39.0 Å². The van der Waals surface area contributed by atoms with E-state index in [0.29, 0.717) is 0 Å². The molecule has 0 N–H and O–H groups in total. The zero-order chi connectivity index (χ0) is 19.6. The van der Waals surface area contributed by atoms with Crippen LogP contribution in [0.2, 0.25) is 0 Å². The Bertz CT molecular complexity index is 859. The summed E-state index contributed by atoms with van der Waals surface area (Å²) < 4.78 is 0. The average molecular weight is 363 g/mol. The number of carbonyl (C=O) groups excluding carboxylic acids is 1. The van der Waals surface area contributed by atoms with Crippen LogP contribution < -0.4 is 0 Å². The third-order valence-electron chi connectivity index (χ3n) is 5.55. The first-order valence-electron chi connectivity index (χ1n) is 9.88. The van der Waals surface area contributed by atoms with E-state index in [1.54, 1.807) is 0 Å². The molecule has 0 aliphatic carbocycles. The Morgan fingerprint density at radius 2 is 1.67 bits per heavy atom. The zero-order valence-corrected chi connectivity index (χ0v) is 17.2. The molecule has 0 bridgehead atoms. The molecule has 1 amide bonds. The number of para-hydroxylation sites is 1. The largest absolute Gasteiger partial charge is 0.330 e. The fraction of sp³-hybridized carbons (Fsp3) is 0.417. The number of piperidine rings is 1. The molecule has 0 radical (unpaired) electrons. The molecule has 3 nitrogen and oxygen atoms in total. The Balaban J connectivity index is 1.94. The summed E-state index contributed by atoms with van der Waals surface area (Å²) >= 11 is 0. The fourth-order valence-electron chi connectivity index (χ4n) is 4.22. The number of carbonyl (C=O) groups is 1. The van der Waals surface area contributed by atoms with Crippen LogP contribution in [0.3, 0.4) is 0 Å². The van der Waals surface area contributed by atoms with Gasteiger partial charge in [-0.3, -0.25) is 9.79 Å². The van der Waals surface area contributed by atoms with Gasteiger partial charge in [-0.25, -0.2) is 0 Å². The molecule has 142 valence electrons. The zero-order valence-electron chi connectivity index (χ0n) is 17.2. The Labute approximate surface area is 163 Å². The topological polar surface area (TPSA) is 32.7 Å². The second kappa shape index (κ2) is 8.08. The highest BCUT2D eigenvalue weighted by Gasteiger charge is 2.30. The number of aliphatic imine (C=N–C) groups is 1. The van der Waals surface area contributed by atoms with Gasteiger partial charge in [0, 0.05) is 17.8 Å². The molecule has 2 aromatic rings. The lowest BCUT2D eigenvalue weighted by Crippen LogP contribution is -2.47. The minimum absolute atomic E-state index is 0.0750. The monoisotopic (exact) mass is 362 g/mol. The van der Waals surface area contributed by atoms with Crippen molar-refractivity contribution < 1.29 is 4.79 Å². The Morgan fingerprint density at radius 3 is 2.33 bits per heavy atom. The molecule has 1 atom stereocenters. The van der Waals surface area contributed by atoms with E-state index in [1.165, 1.54) is 5.56 Å². The lowest BCUT2D eigenvalue weighted by Gasteiger charge is -2.36. The van der Waals surface area contributed by atoms with Crippen molar-refractivity contribution in [3.8, 4) is 0 Å². The van der Waals surface area contributed by atoms with E-state index in [1.807, 2.05) is 36.9 Å². The van der Waals surface area contributed by atoms with E-state index in [4.69, 9.17) is 4.99 Å². The molecular formula is C24H30N2O. The summed E-state index contributed by atoms with van der Waals surface area (Å²) in [5.74, 6) is 0.147. The van der Waals surface area contributed by atoms with Crippen LogP contribution in [0.5, 0.6) is 0 Å². The lowest BCUT2D eigenvalue weighted by molar-refractivity contribution is 0.0678. The molecule has 3 rings (SSSR count). The van der Waals surface area contributed by atoms with Gasteiger partial charge in [-0.15, -0.1) is 0 Å². The van der Waals surface area contributed by atoms with Gasteiger partial charge in [0.15, 0.2) is 0 Å². The number of likely N-dealkylation sites (tertiary alicyclic amines) is 1. The van der Waals surface area contributed by atoms with Crippen LogP contribution in [-0.2, 0) is 0 Å². The van der Waals surface area contributed by atoms with Gasteiger partial charge in [0.1, 0.15) is 0 Å². The van der Waals surface area contributed by atoms with Gasteiger partial charge in [0.2, 0.25) is 0 Å². The normalized spacial score (nSPS) is 17.9. The van der Waals surface area contributed by atoms with Crippen molar-refractivity contribution in [3.05, 3.63) is 64.2 Å². The molecule has 0 aromatic heterocycles. The van der Waals surface area contributed by atoms with Crippen molar-refractivity contribution in [2.24, 2.45) is 4.99 Å². The first-order chi connectivity index (χ1) is 12.9. The third kappa shape index (κ3) is 4.13. The molecular weight excluding hydrogens is 332 g/mol. The number of rotatable bonds is 3. The van der Waals surface area contributed by atoms with Gasteiger partial charge in [0.25, 0.3) is 5.91 Å². The molecule has 3 heteroatoms. The van der Waals surface area contributed by atoms with E-state index in [9.17, 15) is 4.79 Å². The molecule has 27 heavy (non-hydrogen) atoms. The maximum Gasteiger partial charge on any atom is 0.254 e. The highest BCUT2D eigenvalue weighted by molar-refractivity contribution is 6.01. The third-order valence-corrected chi connectivity index (χ3v) is 5.55. The maximum absolute atomic E-state index is 13.5. The number of benzene rings is 2. The van der Waals surface area contributed by atoms with E-state index >= 15 is 0 Å². The predicted octanol–water partition coefficient (Wildman–Crippen LogP) is 5.71. The second-order valence-corrected chi connectivity index (χ2v) is 7.82. The van der Waals surface area contributed by atoms with Gasteiger partial charge < -0.3 is 4.90 Å². The minimum atomic E-state index is 0.0750. The molecule has 2 aromatic carbocycles. The van der Waals surface area contributed by atoms with Crippen LogP contribution in [0.1, 0.15) is 58.8 Å². The van der Waals surface area contributed by atoms with Gasteiger partial charge >= 0.3 is 0 Å². The highest BCUT2D eigenvalue weighted by Crippen LogP contribution is 2.26. The smallest absolute Gasteiger partial charge is 0.254 e. The van der Waals surface area contributed by atoms with E-state index in [-0.39, 0.29) is 11.9 Å². The summed E-state index contributed by atoms with van der Waals surface area (Å²) in [7, 11) is 0. The van der Waals surface area contributed by atoms with E-state index in [0.717, 1.165) is 59.5 Å². The summed E-state index contributed by atoms with van der Waals surface area (Å²) in [4.78, 5) is 20.4. The van der Waals surface area contributed by atoms with Crippen molar-refractivity contribution in [1.82, 2.24) is 4.90 Å². The molecule has 1 fully saturated rings. The molecule has 0 saturated carbocycles. The van der Waals surface area contributed by atoms with Crippen molar-refractivity contribution in [3.63, 3.8) is 0 Å². The van der Waals surface area contributed by atoms with Gasteiger partial charge in [0.05, 0.1) is 11.7 Å². The fourth-order valence-corrected chi connectivity index (χ4v) is 4.22. The van der Waals surface area contributed by atoms with Crippen LogP contribution in [0, 0.1) is 27.7 Å². The van der Waals surface area contributed by atoms with Gasteiger partial charge in [-0.2, -0.15) is 0 Å². The van der Waals surface area contributed by atoms with Crippen molar-refractivity contribution in [1.29, 1.82) is 0 Å². The first-order valence-corrected chi connectivity index (χ1v) is 9.88. The number of aryl methyl sites for hydroxylation is 4. The minimum Gasteiger partial charge on any atom is -0.330 e. The molecule has 1 aliphatic rings. The molecule has 1 aliphatic heterocycles. The molecule has 1 heterocycles. The standard InChI is InChI=1S/C24H30N2O/c1-16-14-18(3)23(19(4)15-16)24(27)26-13-9-8-12-22(26)20(5)25-21-11-7-6-10-17(21)2/h6-7,10-11,14-15,22H,8-9,12-13H2,1-5H3. The van der Waals surface area contributed by atoms with Gasteiger partial charge in [-0.1, -0.05) is 35.9 Å². The summed E-state index contributed by atoms with van der Waals surface area (Å²) in [5, 5.41) is 0. The number of hydrogen-bond acceptors (Lipinski definition) is 2. The Kier molecular flexibility index (Phi) is 5.79. The highest BCUT2D eigenvalue weighted by atomic mass is 16.2. The molecule has 1 saturated heterocycles. The quantitative estimate of drug-likeness (QED) is 0.644. The van der Waals surface area contributed by atoms with Crippen LogP contribution in [0.15, 0.2) is 41.4 Å². The summed E-state index contributed by atoms with van der Waals surface area (Å²) in [5.41, 5.74) is 7.38. The summed E-state index contributed by atoms with van der Waals surface area (Å²) in [6.07, 6.45) is 3.18. The number of hydrogen-bond donors (Lipinski definition) is 0. The molecule has 1 unspecified atom stereocenters. The second-order valence-electron chi connectivity index (χ2n) is 7.82. The van der Waals surface area contributed by atoms with Gasteiger partial charge in [-0.05, 0) is 76.6 Å². The van der Waals surface area contributed by atoms with Crippen LogP contribution >= 0.6 is 0 Å². The first kappa shape index (κ1) is 19.3. The number of nitrogens with zero attached hydrogens (tertiary/aromatic N) is 2. The maximum atomic E-state index is 13.5. The van der Waals surface area contributed by atoms with Crippen LogP contribution in [0.25, 0.3) is 0 Å². The predicted molar refractivity (Wildman–Crippen MR) is 113 cm³/mol. The SMILES string of the molecule is CC(=Nc1ccccc1C)C1CCCCN1C(=O)c1c(C)cc(C)cc1C. The Hall–Kier alpha value is -2.42.